The number of aromatic nitrogens is 3. The third-order valence-corrected chi connectivity index (χ3v) is 4.06. The Balaban J connectivity index is 2.70. The molecule has 0 bridgehead atoms. The minimum Gasteiger partial charge on any atom is -0.345 e. The van der Waals surface area contributed by atoms with Gasteiger partial charge in [-0.2, -0.15) is 5.26 Å². The van der Waals surface area contributed by atoms with E-state index in [2.05, 4.69) is 21.2 Å². The van der Waals surface area contributed by atoms with Crippen molar-refractivity contribution in [1.29, 1.82) is 5.26 Å². The Morgan fingerprint density at radius 2 is 2.43 bits per heavy atom. The summed E-state index contributed by atoms with van der Waals surface area (Å²) in [5.74, 6) is 1.67. The van der Waals surface area contributed by atoms with Gasteiger partial charge >= 0.3 is 0 Å². The Labute approximate surface area is 135 Å². The molecule has 0 saturated heterocycles. The lowest BCUT2D eigenvalue weighted by molar-refractivity contribution is -0.115. The molecule has 0 radical (unpaired) electrons. The van der Waals surface area contributed by atoms with Gasteiger partial charge in [-0.05, 0) is 13.0 Å². The molecule has 0 aliphatic heterocycles. The van der Waals surface area contributed by atoms with Crippen molar-refractivity contribution in [3.05, 3.63) is 37.8 Å². The number of aromatic amines is 1. The van der Waals surface area contributed by atoms with Gasteiger partial charge in [0.05, 0.1) is 29.3 Å². The zero-order valence-electron chi connectivity index (χ0n) is 12.3. The van der Waals surface area contributed by atoms with Gasteiger partial charge in [-0.1, -0.05) is 5.92 Å². The van der Waals surface area contributed by atoms with E-state index in [4.69, 9.17) is 6.42 Å². The maximum Gasteiger partial charge on any atom is 0.269 e. The minimum absolute atomic E-state index is 0.0128. The van der Waals surface area contributed by atoms with Crippen LogP contribution in [0.15, 0.2) is 17.3 Å². The summed E-state index contributed by atoms with van der Waals surface area (Å²) in [6.07, 6.45) is 9.79. The quantitative estimate of drug-likeness (QED) is 0.696. The summed E-state index contributed by atoms with van der Waals surface area (Å²) in [7, 11) is 0. The van der Waals surface area contributed by atoms with Crippen molar-refractivity contribution in [3.8, 4) is 18.4 Å². The van der Waals surface area contributed by atoms with E-state index < -0.39 is 5.91 Å². The zero-order valence-corrected chi connectivity index (χ0v) is 13.1. The standard InChI is InChI=1S/C15H13N5O2S/c1-3-5-18-13(21)11(7-16)15-20(4-2)14(22)12(23-15)6-10-8-17-9-19-10/h1,6,8-9H,4-5H2,2H3,(H,17,19)(H,18,21)/b12-6-,15-11-. The lowest BCUT2D eigenvalue weighted by Crippen LogP contribution is -2.34. The van der Waals surface area contributed by atoms with Crippen molar-refractivity contribution < 1.29 is 4.79 Å². The normalized spacial score (nSPS) is 12.4. The van der Waals surface area contributed by atoms with Crippen LogP contribution < -0.4 is 20.1 Å². The van der Waals surface area contributed by atoms with Gasteiger partial charge in [0.25, 0.3) is 11.5 Å². The molecule has 0 aromatic carbocycles. The number of imidazole rings is 1. The number of hydrogen-bond donors (Lipinski definition) is 2. The van der Waals surface area contributed by atoms with Crippen LogP contribution in [-0.2, 0) is 11.3 Å². The highest BCUT2D eigenvalue weighted by Crippen LogP contribution is 1.94. The third-order valence-electron chi connectivity index (χ3n) is 2.93. The first-order valence-corrected chi connectivity index (χ1v) is 7.49. The van der Waals surface area contributed by atoms with E-state index in [-0.39, 0.29) is 17.7 Å². The van der Waals surface area contributed by atoms with Gasteiger partial charge in [0.1, 0.15) is 10.7 Å². The fourth-order valence-electron chi connectivity index (χ4n) is 1.89. The van der Waals surface area contributed by atoms with Crippen LogP contribution in [0.25, 0.3) is 11.6 Å². The molecule has 2 aromatic rings. The van der Waals surface area contributed by atoms with Crippen LogP contribution in [0, 0.1) is 23.7 Å². The molecule has 8 heteroatoms. The highest BCUT2D eigenvalue weighted by atomic mass is 32.1. The van der Waals surface area contributed by atoms with E-state index in [1.54, 1.807) is 19.2 Å². The molecule has 0 fully saturated rings. The highest BCUT2D eigenvalue weighted by molar-refractivity contribution is 7.07. The molecule has 116 valence electrons. The van der Waals surface area contributed by atoms with Gasteiger partial charge in [0.2, 0.25) is 0 Å². The van der Waals surface area contributed by atoms with Crippen LogP contribution in [0.2, 0.25) is 0 Å². The second-order valence-electron chi connectivity index (χ2n) is 4.35. The van der Waals surface area contributed by atoms with Crippen LogP contribution in [0.3, 0.4) is 0 Å². The van der Waals surface area contributed by atoms with Crippen molar-refractivity contribution in [1.82, 2.24) is 19.9 Å². The average Bonchev–Trinajstić information content (AvgIpc) is 3.15. The van der Waals surface area contributed by atoms with Gasteiger partial charge in [0.15, 0.2) is 5.57 Å². The first kappa shape index (κ1) is 16.3. The first-order chi connectivity index (χ1) is 11.1. The third kappa shape index (κ3) is 3.39. The maximum atomic E-state index is 12.4. The van der Waals surface area contributed by atoms with Crippen molar-refractivity contribution >= 4 is 28.9 Å². The first-order valence-electron chi connectivity index (χ1n) is 6.68. The molecule has 23 heavy (non-hydrogen) atoms. The number of nitriles is 1. The summed E-state index contributed by atoms with van der Waals surface area (Å²) in [6, 6.07) is 1.85. The molecule has 0 atom stereocenters. The molecule has 0 unspecified atom stereocenters. The second-order valence-corrected chi connectivity index (χ2v) is 5.38. The van der Waals surface area contributed by atoms with E-state index in [0.29, 0.717) is 21.4 Å². The van der Waals surface area contributed by atoms with Crippen molar-refractivity contribution in [2.75, 3.05) is 6.54 Å². The number of rotatable bonds is 4. The molecule has 0 aliphatic rings. The van der Waals surface area contributed by atoms with Crippen molar-refractivity contribution in [2.45, 2.75) is 13.5 Å². The minimum atomic E-state index is -0.595. The molecule has 0 saturated carbocycles. The number of thiazole rings is 1. The van der Waals surface area contributed by atoms with Crippen LogP contribution in [0.1, 0.15) is 12.6 Å². The SMILES string of the molecule is C#CCNC(=O)/C(C#N)=c1\s/c(=C\c2cnc[nH]2)c(=O)n1CC. The monoisotopic (exact) mass is 327 g/mol. The Morgan fingerprint density at radius 1 is 1.65 bits per heavy atom. The predicted octanol–water partition coefficient (Wildman–Crippen LogP) is -1.09. The predicted molar refractivity (Wildman–Crippen MR) is 86.5 cm³/mol. The molecule has 0 aliphatic carbocycles. The van der Waals surface area contributed by atoms with Crippen LogP contribution in [0.4, 0.5) is 0 Å². The van der Waals surface area contributed by atoms with Gasteiger partial charge in [0, 0.05) is 6.54 Å². The lowest BCUT2D eigenvalue weighted by atomic mass is 10.3. The number of nitrogens with zero attached hydrogens (tertiary/aromatic N) is 3. The van der Waals surface area contributed by atoms with E-state index in [1.165, 1.54) is 10.9 Å². The Hall–Kier alpha value is -3.10. The van der Waals surface area contributed by atoms with Gasteiger partial charge < -0.3 is 10.3 Å². The number of nitrogens with one attached hydrogen (secondary N) is 2. The van der Waals surface area contributed by atoms with E-state index in [0.717, 1.165) is 11.3 Å². The smallest absolute Gasteiger partial charge is 0.269 e. The van der Waals surface area contributed by atoms with Crippen LogP contribution in [-0.4, -0.2) is 27.0 Å². The average molecular weight is 327 g/mol. The van der Waals surface area contributed by atoms with Gasteiger partial charge in [-0.15, -0.1) is 17.8 Å². The number of hydrogen-bond acceptors (Lipinski definition) is 5. The molecule has 0 spiro atoms. The Morgan fingerprint density at radius 3 is 3.00 bits per heavy atom. The summed E-state index contributed by atoms with van der Waals surface area (Å²) in [4.78, 5) is 31.2. The molecular formula is C15H13N5O2S. The maximum absolute atomic E-state index is 12.4. The number of carbonyl (C=O) groups excluding carboxylic acids is 1. The number of carbonyl (C=O) groups is 1. The molecule has 2 N–H and O–H groups in total. The highest BCUT2D eigenvalue weighted by Gasteiger charge is 2.14. The molecule has 7 nitrogen and oxygen atoms in total. The fourth-order valence-corrected chi connectivity index (χ4v) is 3.05. The molecule has 2 heterocycles. The second kappa shape index (κ2) is 7.25. The summed E-state index contributed by atoms with van der Waals surface area (Å²) < 4.78 is 2.10. The molecule has 2 rings (SSSR count). The van der Waals surface area contributed by atoms with Gasteiger partial charge in [-0.3, -0.25) is 14.2 Å². The van der Waals surface area contributed by atoms with E-state index >= 15 is 0 Å². The number of H-pyrrole nitrogens is 1. The topological polar surface area (TPSA) is 104 Å². The van der Waals surface area contributed by atoms with Crippen molar-refractivity contribution in [3.63, 3.8) is 0 Å². The summed E-state index contributed by atoms with van der Waals surface area (Å²) in [5.41, 5.74) is 0.265. The number of terminal acetylenes is 1. The van der Waals surface area contributed by atoms with E-state index in [1.807, 2.05) is 6.07 Å². The van der Waals surface area contributed by atoms with E-state index in [9.17, 15) is 14.9 Å². The lowest BCUT2D eigenvalue weighted by Gasteiger charge is -2.00. The summed E-state index contributed by atoms with van der Waals surface area (Å²) >= 11 is 1.08. The molecule has 2 aromatic heterocycles. The van der Waals surface area contributed by atoms with Gasteiger partial charge in [-0.25, -0.2) is 4.98 Å². The summed E-state index contributed by atoms with van der Waals surface area (Å²) in [5, 5.41) is 11.7. The Bertz CT molecular complexity index is 967. The molecular weight excluding hydrogens is 314 g/mol. The zero-order chi connectivity index (χ0) is 16.8. The van der Waals surface area contributed by atoms with Crippen LogP contribution >= 0.6 is 11.3 Å². The number of amides is 1. The summed E-state index contributed by atoms with van der Waals surface area (Å²) in [6.45, 7) is 2.12. The fraction of sp³-hybridized carbons (Fsp3) is 0.200. The molecule has 1 amide bonds. The largest absolute Gasteiger partial charge is 0.345 e. The Kier molecular flexibility index (Phi) is 5.13. The van der Waals surface area contributed by atoms with Crippen molar-refractivity contribution in [2.24, 2.45) is 0 Å². The van der Waals surface area contributed by atoms with Crippen LogP contribution in [0.5, 0.6) is 0 Å².